The Labute approximate surface area is 121 Å². The molecule has 0 unspecified atom stereocenters. The molecule has 1 aromatic carbocycles. The number of aromatic nitrogens is 2. The molecular formula is C12H11Br2N3O. The first kappa shape index (κ1) is 13.3. The van der Waals surface area contributed by atoms with Gasteiger partial charge in [0.1, 0.15) is 0 Å². The van der Waals surface area contributed by atoms with Crippen LogP contribution in [0.25, 0.3) is 5.69 Å². The summed E-state index contributed by atoms with van der Waals surface area (Å²) in [5, 5.41) is 4.41. The topological polar surface area (TPSA) is 60.9 Å². The van der Waals surface area contributed by atoms with Crippen LogP contribution >= 0.6 is 31.9 Å². The number of aryl methyl sites for hydroxylation is 1. The highest BCUT2D eigenvalue weighted by Gasteiger charge is 2.16. The Morgan fingerprint density at radius 1 is 1.33 bits per heavy atom. The summed E-state index contributed by atoms with van der Waals surface area (Å²) in [5.41, 5.74) is 8.29. The standard InChI is InChI=1S/C12H11Br2N3O/c1-6-11(14)7(2)17(16-6)10-5-8(13)3-4-9(10)12(15)18/h3-5H,1-2H3,(H2,15,18). The lowest BCUT2D eigenvalue weighted by Crippen LogP contribution is -2.15. The summed E-state index contributed by atoms with van der Waals surface area (Å²) in [6.45, 7) is 3.82. The fourth-order valence-corrected chi connectivity index (χ4v) is 2.34. The fourth-order valence-electron chi connectivity index (χ4n) is 1.75. The molecule has 1 amide bonds. The second kappa shape index (κ2) is 4.85. The summed E-state index contributed by atoms with van der Waals surface area (Å²) in [6.07, 6.45) is 0. The Kier molecular flexibility index (Phi) is 3.59. The van der Waals surface area contributed by atoms with Crippen molar-refractivity contribution in [2.24, 2.45) is 5.73 Å². The average molecular weight is 373 g/mol. The van der Waals surface area contributed by atoms with Crippen molar-refractivity contribution in [3.05, 3.63) is 44.1 Å². The number of carbonyl (C=O) groups is 1. The molecule has 0 radical (unpaired) electrons. The van der Waals surface area contributed by atoms with E-state index in [-0.39, 0.29) is 0 Å². The zero-order chi connectivity index (χ0) is 13.4. The average Bonchev–Trinajstić information content (AvgIpc) is 2.56. The number of halogens is 2. The molecule has 1 heterocycles. The van der Waals surface area contributed by atoms with Crippen LogP contribution in [-0.4, -0.2) is 15.7 Å². The van der Waals surface area contributed by atoms with Crippen molar-refractivity contribution in [1.29, 1.82) is 0 Å². The highest BCUT2D eigenvalue weighted by atomic mass is 79.9. The number of nitrogens with zero attached hydrogens (tertiary/aromatic N) is 2. The Hall–Kier alpha value is -1.14. The van der Waals surface area contributed by atoms with Crippen LogP contribution in [-0.2, 0) is 0 Å². The first-order valence-electron chi connectivity index (χ1n) is 5.23. The van der Waals surface area contributed by atoms with Gasteiger partial charge >= 0.3 is 0 Å². The molecule has 4 nitrogen and oxygen atoms in total. The van der Waals surface area contributed by atoms with E-state index in [9.17, 15) is 4.79 Å². The quantitative estimate of drug-likeness (QED) is 0.880. The van der Waals surface area contributed by atoms with Crippen LogP contribution in [0.2, 0.25) is 0 Å². The third-order valence-electron chi connectivity index (χ3n) is 2.66. The molecule has 2 N–H and O–H groups in total. The first-order valence-corrected chi connectivity index (χ1v) is 6.82. The van der Waals surface area contributed by atoms with Gasteiger partial charge < -0.3 is 5.73 Å². The van der Waals surface area contributed by atoms with Gasteiger partial charge in [0.2, 0.25) is 0 Å². The maximum Gasteiger partial charge on any atom is 0.250 e. The van der Waals surface area contributed by atoms with Gasteiger partial charge in [0.05, 0.1) is 27.1 Å². The van der Waals surface area contributed by atoms with E-state index in [0.717, 1.165) is 20.3 Å². The predicted octanol–water partition coefficient (Wildman–Crippen LogP) is 3.11. The van der Waals surface area contributed by atoms with Gasteiger partial charge in [0, 0.05) is 4.47 Å². The maximum absolute atomic E-state index is 11.5. The summed E-state index contributed by atoms with van der Waals surface area (Å²) < 4.78 is 3.51. The van der Waals surface area contributed by atoms with Crippen molar-refractivity contribution in [3.8, 4) is 5.69 Å². The van der Waals surface area contributed by atoms with Crippen molar-refractivity contribution in [1.82, 2.24) is 9.78 Å². The zero-order valence-electron chi connectivity index (χ0n) is 9.87. The highest BCUT2D eigenvalue weighted by Crippen LogP contribution is 2.26. The van der Waals surface area contributed by atoms with E-state index in [1.54, 1.807) is 16.8 Å². The minimum absolute atomic E-state index is 0.441. The number of hydrogen-bond acceptors (Lipinski definition) is 2. The van der Waals surface area contributed by atoms with E-state index >= 15 is 0 Å². The smallest absolute Gasteiger partial charge is 0.250 e. The van der Waals surface area contributed by atoms with Gasteiger partial charge in [-0.3, -0.25) is 4.79 Å². The number of rotatable bonds is 2. The van der Waals surface area contributed by atoms with Crippen LogP contribution in [0.15, 0.2) is 27.1 Å². The minimum Gasteiger partial charge on any atom is -0.366 e. The molecule has 0 bridgehead atoms. The monoisotopic (exact) mass is 371 g/mol. The molecular weight excluding hydrogens is 362 g/mol. The van der Waals surface area contributed by atoms with Crippen molar-refractivity contribution in [2.75, 3.05) is 0 Å². The Morgan fingerprint density at radius 3 is 2.50 bits per heavy atom. The number of primary amides is 1. The van der Waals surface area contributed by atoms with E-state index < -0.39 is 5.91 Å². The third-order valence-corrected chi connectivity index (χ3v) is 4.30. The SMILES string of the molecule is Cc1nn(-c2cc(Br)ccc2C(N)=O)c(C)c1Br. The highest BCUT2D eigenvalue weighted by molar-refractivity contribution is 9.10. The Bertz CT molecular complexity index is 634. The second-order valence-corrected chi connectivity index (χ2v) is 5.63. The summed E-state index contributed by atoms with van der Waals surface area (Å²) >= 11 is 6.85. The second-order valence-electron chi connectivity index (χ2n) is 3.92. The number of nitrogens with two attached hydrogens (primary N) is 1. The molecule has 18 heavy (non-hydrogen) atoms. The van der Waals surface area contributed by atoms with Crippen molar-refractivity contribution in [3.63, 3.8) is 0 Å². The molecule has 0 aliphatic heterocycles. The summed E-state index contributed by atoms with van der Waals surface area (Å²) in [6, 6.07) is 5.29. The van der Waals surface area contributed by atoms with Gasteiger partial charge in [-0.05, 0) is 48.0 Å². The van der Waals surface area contributed by atoms with Gasteiger partial charge in [-0.25, -0.2) is 4.68 Å². The number of benzene rings is 1. The van der Waals surface area contributed by atoms with Crippen LogP contribution in [0.3, 0.4) is 0 Å². The van der Waals surface area contributed by atoms with Gasteiger partial charge in [-0.2, -0.15) is 5.10 Å². The largest absolute Gasteiger partial charge is 0.366 e. The van der Waals surface area contributed by atoms with E-state index in [4.69, 9.17) is 5.73 Å². The third kappa shape index (κ3) is 2.22. The van der Waals surface area contributed by atoms with Gasteiger partial charge in [0.25, 0.3) is 5.91 Å². The Morgan fingerprint density at radius 2 is 2.00 bits per heavy atom. The number of hydrogen-bond donors (Lipinski definition) is 1. The van der Waals surface area contributed by atoms with Crippen molar-refractivity contribution >= 4 is 37.8 Å². The molecule has 0 spiro atoms. The van der Waals surface area contributed by atoms with Crippen LogP contribution in [0, 0.1) is 13.8 Å². The molecule has 1 aromatic heterocycles. The molecule has 0 aliphatic rings. The normalized spacial score (nSPS) is 10.7. The molecule has 0 saturated heterocycles. The van der Waals surface area contributed by atoms with Crippen LogP contribution in [0.1, 0.15) is 21.7 Å². The molecule has 0 atom stereocenters. The minimum atomic E-state index is -0.471. The zero-order valence-corrected chi connectivity index (χ0v) is 13.0. The van der Waals surface area contributed by atoms with E-state index in [1.165, 1.54) is 0 Å². The maximum atomic E-state index is 11.5. The van der Waals surface area contributed by atoms with Crippen LogP contribution < -0.4 is 5.73 Å². The Balaban J connectivity index is 2.73. The summed E-state index contributed by atoms with van der Waals surface area (Å²) in [7, 11) is 0. The molecule has 2 rings (SSSR count). The van der Waals surface area contributed by atoms with E-state index in [0.29, 0.717) is 11.3 Å². The van der Waals surface area contributed by atoms with E-state index in [2.05, 4.69) is 37.0 Å². The molecule has 0 fully saturated rings. The molecule has 0 saturated carbocycles. The lowest BCUT2D eigenvalue weighted by molar-refractivity contribution is 0.1000. The number of carbonyl (C=O) groups excluding carboxylic acids is 1. The van der Waals surface area contributed by atoms with Crippen LogP contribution in [0.5, 0.6) is 0 Å². The fraction of sp³-hybridized carbons (Fsp3) is 0.167. The lowest BCUT2D eigenvalue weighted by atomic mass is 10.1. The molecule has 0 aliphatic carbocycles. The van der Waals surface area contributed by atoms with Gasteiger partial charge in [-0.1, -0.05) is 15.9 Å². The van der Waals surface area contributed by atoms with Gasteiger partial charge in [0.15, 0.2) is 0 Å². The molecule has 94 valence electrons. The summed E-state index contributed by atoms with van der Waals surface area (Å²) in [5.74, 6) is -0.471. The van der Waals surface area contributed by atoms with E-state index in [1.807, 2.05) is 19.9 Å². The van der Waals surface area contributed by atoms with Crippen molar-refractivity contribution in [2.45, 2.75) is 13.8 Å². The van der Waals surface area contributed by atoms with Crippen molar-refractivity contribution < 1.29 is 4.79 Å². The first-order chi connectivity index (χ1) is 8.41. The lowest BCUT2D eigenvalue weighted by Gasteiger charge is -2.09. The van der Waals surface area contributed by atoms with Gasteiger partial charge in [-0.15, -0.1) is 0 Å². The summed E-state index contributed by atoms with van der Waals surface area (Å²) in [4.78, 5) is 11.5. The molecule has 6 heteroatoms. The molecule has 2 aromatic rings. The predicted molar refractivity (Wildman–Crippen MR) is 77.0 cm³/mol. The number of amides is 1. The van der Waals surface area contributed by atoms with Crippen LogP contribution in [0.4, 0.5) is 0 Å².